The third-order valence-corrected chi connectivity index (χ3v) is 3.87. The average molecular weight is 329 g/mol. The lowest BCUT2D eigenvalue weighted by atomic mass is 10.3. The summed E-state index contributed by atoms with van der Waals surface area (Å²) in [7, 11) is 1.89. The van der Waals surface area contributed by atoms with E-state index < -0.39 is 0 Å². The number of nitrogens with zero attached hydrogens (tertiary/aromatic N) is 2. The summed E-state index contributed by atoms with van der Waals surface area (Å²) < 4.78 is 1.80. The predicted octanol–water partition coefficient (Wildman–Crippen LogP) is 4.15. The fourth-order valence-corrected chi connectivity index (χ4v) is 2.32. The molecule has 0 spiro atoms. The summed E-state index contributed by atoms with van der Waals surface area (Å²) in [6, 6.07) is 5.25. The maximum atomic E-state index is 5.96. The van der Waals surface area contributed by atoms with Crippen molar-refractivity contribution in [1.29, 1.82) is 0 Å². The molecule has 0 fully saturated rings. The quantitative estimate of drug-likeness (QED) is 0.812. The maximum absolute atomic E-state index is 5.96. The summed E-state index contributed by atoms with van der Waals surface area (Å²) in [6.07, 6.45) is 0. The van der Waals surface area contributed by atoms with Gasteiger partial charge in [-0.15, -0.1) is 0 Å². The number of hydrogen-bond acceptors (Lipinski definition) is 2. The molecule has 106 valence electrons. The van der Waals surface area contributed by atoms with Gasteiger partial charge in [0.2, 0.25) is 0 Å². The minimum Gasteiger partial charge on any atom is -0.332 e. The van der Waals surface area contributed by atoms with Gasteiger partial charge in [0.15, 0.2) is 5.11 Å². The van der Waals surface area contributed by atoms with Crippen LogP contribution in [0.15, 0.2) is 18.2 Å². The molecular formula is C13H14Cl2N4S. The van der Waals surface area contributed by atoms with Gasteiger partial charge in [-0.05, 0) is 44.3 Å². The first kappa shape index (κ1) is 15.1. The van der Waals surface area contributed by atoms with Crippen LogP contribution in [0.3, 0.4) is 0 Å². The second-order valence-electron chi connectivity index (χ2n) is 4.38. The Morgan fingerprint density at radius 2 is 1.90 bits per heavy atom. The van der Waals surface area contributed by atoms with E-state index in [-0.39, 0.29) is 0 Å². The summed E-state index contributed by atoms with van der Waals surface area (Å²) in [6.45, 7) is 3.90. The molecule has 0 aliphatic rings. The minimum absolute atomic E-state index is 0.475. The van der Waals surface area contributed by atoms with Crippen LogP contribution in [0.1, 0.15) is 11.4 Å². The van der Waals surface area contributed by atoms with E-state index in [2.05, 4.69) is 15.7 Å². The van der Waals surface area contributed by atoms with Crippen molar-refractivity contribution in [2.45, 2.75) is 13.8 Å². The number of hydrogen-bond donors (Lipinski definition) is 2. The summed E-state index contributed by atoms with van der Waals surface area (Å²) in [5, 5.41) is 12.0. The van der Waals surface area contributed by atoms with E-state index >= 15 is 0 Å². The molecule has 0 aliphatic carbocycles. The summed E-state index contributed by atoms with van der Waals surface area (Å²) in [4.78, 5) is 0. The van der Waals surface area contributed by atoms with Crippen molar-refractivity contribution in [1.82, 2.24) is 9.78 Å². The van der Waals surface area contributed by atoms with E-state index in [4.69, 9.17) is 35.4 Å². The van der Waals surface area contributed by atoms with Crippen molar-refractivity contribution in [2.75, 3.05) is 10.6 Å². The molecule has 0 unspecified atom stereocenters. The molecule has 0 saturated heterocycles. The highest BCUT2D eigenvalue weighted by Crippen LogP contribution is 2.25. The van der Waals surface area contributed by atoms with Crippen LogP contribution in [0.4, 0.5) is 11.4 Å². The van der Waals surface area contributed by atoms with Crippen molar-refractivity contribution in [2.24, 2.45) is 7.05 Å². The maximum Gasteiger partial charge on any atom is 0.175 e. The van der Waals surface area contributed by atoms with Gasteiger partial charge in [0.05, 0.1) is 27.1 Å². The van der Waals surface area contributed by atoms with E-state index in [9.17, 15) is 0 Å². The van der Waals surface area contributed by atoms with E-state index in [0.29, 0.717) is 15.2 Å². The average Bonchev–Trinajstić information content (AvgIpc) is 2.61. The van der Waals surface area contributed by atoms with Gasteiger partial charge in [-0.1, -0.05) is 23.2 Å². The Labute approximate surface area is 133 Å². The number of aromatic nitrogens is 2. The lowest BCUT2D eigenvalue weighted by Crippen LogP contribution is -2.19. The number of benzene rings is 1. The van der Waals surface area contributed by atoms with Crippen LogP contribution in [0.25, 0.3) is 0 Å². The summed E-state index contributed by atoms with van der Waals surface area (Å²) in [5.41, 5.74) is 3.59. The third kappa shape index (κ3) is 3.23. The van der Waals surface area contributed by atoms with Gasteiger partial charge in [-0.2, -0.15) is 5.10 Å². The lowest BCUT2D eigenvalue weighted by Gasteiger charge is -2.11. The molecule has 0 radical (unpaired) electrons. The largest absolute Gasteiger partial charge is 0.332 e. The molecule has 0 atom stereocenters. The first-order chi connectivity index (χ1) is 9.38. The molecule has 1 aromatic heterocycles. The SMILES string of the molecule is Cc1nn(C)c(C)c1NC(=S)Nc1ccc(Cl)c(Cl)c1. The van der Waals surface area contributed by atoms with Crippen molar-refractivity contribution < 1.29 is 0 Å². The highest BCUT2D eigenvalue weighted by atomic mass is 35.5. The second kappa shape index (κ2) is 5.99. The van der Waals surface area contributed by atoms with Crippen molar-refractivity contribution in [3.05, 3.63) is 39.6 Å². The van der Waals surface area contributed by atoms with Crippen LogP contribution in [0.2, 0.25) is 10.0 Å². The number of rotatable bonds is 2. The second-order valence-corrected chi connectivity index (χ2v) is 5.60. The Hall–Kier alpha value is -1.30. The van der Waals surface area contributed by atoms with Crippen molar-refractivity contribution >= 4 is 51.9 Å². The number of aryl methyl sites for hydroxylation is 2. The zero-order valence-electron chi connectivity index (χ0n) is 11.3. The molecule has 2 rings (SSSR count). The molecule has 0 bridgehead atoms. The number of anilines is 2. The molecule has 0 saturated carbocycles. The standard InChI is InChI=1S/C13H14Cl2N4S/c1-7-12(8(2)19(3)18-7)17-13(20)16-9-4-5-10(14)11(15)6-9/h4-6H,1-3H3,(H2,16,17,20). The Bertz CT molecular complexity index is 667. The molecule has 1 heterocycles. The topological polar surface area (TPSA) is 41.9 Å². The number of halogens is 2. The highest BCUT2D eigenvalue weighted by molar-refractivity contribution is 7.80. The third-order valence-electron chi connectivity index (χ3n) is 2.93. The molecule has 0 aliphatic heterocycles. The lowest BCUT2D eigenvalue weighted by molar-refractivity contribution is 0.731. The van der Waals surface area contributed by atoms with Gasteiger partial charge in [-0.25, -0.2) is 0 Å². The van der Waals surface area contributed by atoms with Gasteiger partial charge in [0, 0.05) is 12.7 Å². The van der Waals surface area contributed by atoms with Crippen LogP contribution in [0, 0.1) is 13.8 Å². The first-order valence-corrected chi connectivity index (χ1v) is 7.08. The molecule has 20 heavy (non-hydrogen) atoms. The molecule has 4 nitrogen and oxygen atoms in total. The Balaban J connectivity index is 2.11. The molecular weight excluding hydrogens is 315 g/mol. The smallest absolute Gasteiger partial charge is 0.175 e. The number of thiocarbonyl (C=S) groups is 1. The highest BCUT2D eigenvalue weighted by Gasteiger charge is 2.10. The number of nitrogens with one attached hydrogen (secondary N) is 2. The van der Waals surface area contributed by atoms with Crippen LogP contribution in [-0.4, -0.2) is 14.9 Å². The van der Waals surface area contributed by atoms with Gasteiger partial charge in [0.25, 0.3) is 0 Å². The van der Waals surface area contributed by atoms with Crippen molar-refractivity contribution in [3.63, 3.8) is 0 Å². The van der Waals surface area contributed by atoms with E-state index in [1.807, 2.05) is 27.0 Å². The van der Waals surface area contributed by atoms with Crippen LogP contribution in [0.5, 0.6) is 0 Å². The van der Waals surface area contributed by atoms with Gasteiger partial charge < -0.3 is 10.6 Å². The van der Waals surface area contributed by atoms with Crippen LogP contribution in [-0.2, 0) is 7.05 Å². The van der Waals surface area contributed by atoms with Crippen molar-refractivity contribution in [3.8, 4) is 0 Å². The van der Waals surface area contributed by atoms with Crippen LogP contribution < -0.4 is 10.6 Å². The zero-order valence-corrected chi connectivity index (χ0v) is 13.6. The van der Waals surface area contributed by atoms with E-state index in [1.165, 1.54) is 0 Å². The Morgan fingerprint density at radius 3 is 2.45 bits per heavy atom. The fourth-order valence-electron chi connectivity index (χ4n) is 1.80. The molecule has 2 N–H and O–H groups in total. The van der Waals surface area contributed by atoms with Gasteiger partial charge in [-0.3, -0.25) is 4.68 Å². The van der Waals surface area contributed by atoms with E-state index in [0.717, 1.165) is 22.8 Å². The molecule has 0 amide bonds. The normalized spacial score (nSPS) is 10.4. The van der Waals surface area contributed by atoms with Crippen LogP contribution >= 0.6 is 35.4 Å². The first-order valence-electron chi connectivity index (χ1n) is 5.91. The monoisotopic (exact) mass is 328 g/mol. The zero-order chi connectivity index (χ0) is 14.9. The predicted molar refractivity (Wildman–Crippen MR) is 89.0 cm³/mol. The van der Waals surface area contributed by atoms with E-state index in [1.54, 1.807) is 16.8 Å². The fraction of sp³-hybridized carbons (Fsp3) is 0.231. The Morgan fingerprint density at radius 1 is 1.20 bits per heavy atom. The van der Waals surface area contributed by atoms with Gasteiger partial charge in [0.1, 0.15) is 0 Å². The molecule has 1 aromatic carbocycles. The Kier molecular flexibility index (Phi) is 4.52. The summed E-state index contributed by atoms with van der Waals surface area (Å²) in [5.74, 6) is 0. The molecule has 2 aromatic rings. The molecule has 7 heteroatoms. The minimum atomic E-state index is 0.475. The summed E-state index contributed by atoms with van der Waals surface area (Å²) >= 11 is 17.1. The van der Waals surface area contributed by atoms with Gasteiger partial charge >= 0.3 is 0 Å².